The molecule has 0 aliphatic carbocycles. The van der Waals surface area contributed by atoms with Gasteiger partial charge in [0, 0.05) is 24.0 Å². The Bertz CT molecular complexity index is 1140. The fraction of sp³-hybridized carbons (Fsp3) is 0.346. The van der Waals surface area contributed by atoms with Gasteiger partial charge in [-0.05, 0) is 67.6 Å². The van der Waals surface area contributed by atoms with Crippen molar-refractivity contribution >= 4 is 23.4 Å². The summed E-state index contributed by atoms with van der Waals surface area (Å²) in [5.74, 6) is -1.47. The lowest BCUT2D eigenvalue weighted by Crippen LogP contribution is -2.52. The molecule has 4 rings (SSSR count). The van der Waals surface area contributed by atoms with Gasteiger partial charge in [-0.15, -0.1) is 0 Å². The minimum Gasteiger partial charge on any atom is -0.380 e. The third-order valence-corrected chi connectivity index (χ3v) is 6.63. The van der Waals surface area contributed by atoms with E-state index >= 15 is 0 Å². The zero-order chi connectivity index (χ0) is 24.9. The second-order valence-electron chi connectivity index (χ2n) is 8.76. The Labute approximate surface area is 209 Å². The molecule has 1 aliphatic heterocycles. The molecule has 35 heavy (non-hydrogen) atoms. The molecule has 2 amide bonds. The highest BCUT2D eigenvalue weighted by atomic mass is 35.5. The van der Waals surface area contributed by atoms with E-state index in [9.17, 15) is 19.8 Å². The van der Waals surface area contributed by atoms with Crippen molar-refractivity contribution in [2.24, 2.45) is 0 Å². The van der Waals surface area contributed by atoms with Crippen molar-refractivity contribution in [1.29, 1.82) is 0 Å². The van der Waals surface area contributed by atoms with Gasteiger partial charge in [-0.2, -0.15) is 5.10 Å². The lowest BCUT2D eigenvalue weighted by molar-refractivity contribution is -0.156. The molecule has 1 aromatic heterocycles. The van der Waals surface area contributed by atoms with E-state index in [1.54, 1.807) is 34.8 Å². The highest BCUT2D eigenvalue weighted by Gasteiger charge is 2.37. The summed E-state index contributed by atoms with van der Waals surface area (Å²) in [5, 5.41) is 28.6. The van der Waals surface area contributed by atoms with Gasteiger partial charge in [-0.3, -0.25) is 9.59 Å². The molecule has 1 saturated heterocycles. The van der Waals surface area contributed by atoms with E-state index in [4.69, 9.17) is 11.6 Å². The molecule has 0 spiro atoms. The van der Waals surface area contributed by atoms with E-state index in [1.165, 1.54) is 0 Å². The maximum atomic E-state index is 13.1. The molecule has 2 aromatic carbocycles. The van der Waals surface area contributed by atoms with Crippen LogP contribution < -0.4 is 5.32 Å². The van der Waals surface area contributed by atoms with Crippen molar-refractivity contribution in [3.05, 3.63) is 83.1 Å². The van der Waals surface area contributed by atoms with Crippen molar-refractivity contribution in [2.45, 2.75) is 50.5 Å². The van der Waals surface area contributed by atoms with Crippen LogP contribution >= 0.6 is 11.6 Å². The van der Waals surface area contributed by atoms with Crippen LogP contribution in [0.5, 0.6) is 0 Å². The smallest absolute Gasteiger partial charge is 0.255 e. The molecule has 0 radical (unpaired) electrons. The average molecular weight is 497 g/mol. The SMILES string of the molecule is C[C@@H](NC(=O)[C@H](O)[C@@H](O)C(=O)N1CCCCC1c1ccc(Cl)cc1)c1ccc(-n2cccn2)cc1. The summed E-state index contributed by atoms with van der Waals surface area (Å²) >= 11 is 5.99. The van der Waals surface area contributed by atoms with Crippen LogP contribution in [0, 0.1) is 0 Å². The number of aliphatic hydroxyl groups excluding tert-OH is 2. The number of nitrogens with one attached hydrogen (secondary N) is 1. The number of piperidine rings is 1. The molecule has 8 nitrogen and oxygen atoms in total. The molecule has 184 valence electrons. The van der Waals surface area contributed by atoms with Crippen LogP contribution in [0.15, 0.2) is 67.0 Å². The number of benzene rings is 2. The Balaban J connectivity index is 1.39. The number of likely N-dealkylation sites (tertiary alicyclic amines) is 1. The maximum Gasteiger partial charge on any atom is 0.255 e. The third kappa shape index (κ3) is 5.73. The van der Waals surface area contributed by atoms with Crippen molar-refractivity contribution in [1.82, 2.24) is 20.0 Å². The molecule has 0 saturated carbocycles. The van der Waals surface area contributed by atoms with E-state index in [0.717, 1.165) is 36.1 Å². The number of amides is 2. The molecule has 1 unspecified atom stereocenters. The number of aromatic nitrogens is 2. The zero-order valence-electron chi connectivity index (χ0n) is 19.4. The number of hydrogen-bond acceptors (Lipinski definition) is 5. The summed E-state index contributed by atoms with van der Waals surface area (Å²) in [7, 11) is 0. The van der Waals surface area contributed by atoms with E-state index in [-0.39, 0.29) is 6.04 Å². The van der Waals surface area contributed by atoms with Crippen molar-refractivity contribution in [3.8, 4) is 5.69 Å². The summed E-state index contributed by atoms with van der Waals surface area (Å²) in [4.78, 5) is 27.3. The molecule has 4 atom stereocenters. The van der Waals surface area contributed by atoms with Crippen LogP contribution in [-0.2, 0) is 9.59 Å². The number of halogens is 1. The Hall–Kier alpha value is -3.20. The fourth-order valence-electron chi connectivity index (χ4n) is 4.39. The van der Waals surface area contributed by atoms with Crippen LogP contribution in [0.3, 0.4) is 0 Å². The number of rotatable bonds is 7. The first-order valence-corrected chi connectivity index (χ1v) is 12.1. The molecule has 2 heterocycles. The van der Waals surface area contributed by atoms with E-state index < -0.39 is 30.1 Å². The average Bonchev–Trinajstić information content (AvgIpc) is 3.43. The summed E-state index contributed by atoms with van der Waals surface area (Å²) in [6.45, 7) is 2.21. The van der Waals surface area contributed by atoms with Gasteiger partial charge in [0.15, 0.2) is 12.2 Å². The van der Waals surface area contributed by atoms with Crippen LogP contribution in [-0.4, -0.2) is 55.5 Å². The molecule has 3 aromatic rings. The van der Waals surface area contributed by atoms with Crippen molar-refractivity contribution in [3.63, 3.8) is 0 Å². The van der Waals surface area contributed by atoms with Gasteiger partial charge in [-0.25, -0.2) is 4.68 Å². The number of hydrogen-bond donors (Lipinski definition) is 3. The first kappa shape index (κ1) is 24.9. The minimum absolute atomic E-state index is 0.245. The molecule has 1 fully saturated rings. The summed E-state index contributed by atoms with van der Waals surface area (Å²) in [6, 6.07) is 15.8. The molecular formula is C26H29ClN4O4. The monoisotopic (exact) mass is 496 g/mol. The lowest BCUT2D eigenvalue weighted by Gasteiger charge is -2.37. The molecule has 1 aliphatic rings. The number of nitrogens with zero attached hydrogens (tertiary/aromatic N) is 3. The van der Waals surface area contributed by atoms with E-state index in [0.29, 0.717) is 11.6 Å². The van der Waals surface area contributed by atoms with Crippen LogP contribution in [0.4, 0.5) is 0 Å². The normalized spacial score (nSPS) is 18.5. The highest BCUT2D eigenvalue weighted by molar-refractivity contribution is 6.30. The second-order valence-corrected chi connectivity index (χ2v) is 9.19. The molecular weight excluding hydrogens is 468 g/mol. The Morgan fingerprint density at radius 3 is 2.43 bits per heavy atom. The first-order valence-electron chi connectivity index (χ1n) is 11.7. The molecule has 3 N–H and O–H groups in total. The first-order chi connectivity index (χ1) is 16.8. The van der Waals surface area contributed by atoms with E-state index in [2.05, 4.69) is 10.4 Å². The Kier molecular flexibility index (Phi) is 7.85. The third-order valence-electron chi connectivity index (χ3n) is 6.38. The summed E-state index contributed by atoms with van der Waals surface area (Å²) < 4.78 is 1.72. The summed E-state index contributed by atoms with van der Waals surface area (Å²) in [5.41, 5.74) is 2.58. The predicted molar refractivity (Wildman–Crippen MR) is 132 cm³/mol. The van der Waals surface area contributed by atoms with Gasteiger partial charge < -0.3 is 20.4 Å². The van der Waals surface area contributed by atoms with Gasteiger partial charge in [0.05, 0.1) is 17.8 Å². The number of carbonyl (C=O) groups excluding carboxylic acids is 2. The fourth-order valence-corrected chi connectivity index (χ4v) is 4.52. The number of carbonyl (C=O) groups is 2. The topological polar surface area (TPSA) is 108 Å². The Morgan fingerprint density at radius 2 is 1.77 bits per heavy atom. The lowest BCUT2D eigenvalue weighted by atomic mass is 9.94. The minimum atomic E-state index is -1.89. The quantitative estimate of drug-likeness (QED) is 0.465. The van der Waals surface area contributed by atoms with E-state index in [1.807, 2.05) is 48.7 Å². The van der Waals surface area contributed by atoms with Gasteiger partial charge >= 0.3 is 0 Å². The second kappa shape index (κ2) is 11.0. The standard InChI is InChI=1S/C26H29ClN4O4/c1-17(18-8-12-21(13-9-18)31-16-4-14-28-31)29-25(34)23(32)24(33)26(35)30-15-3-2-5-22(30)19-6-10-20(27)11-7-19/h4,6-14,16-17,22-24,32-33H,2-3,5,15H2,1H3,(H,29,34)/t17-,22?,23-,24-/m1/s1. The number of aliphatic hydroxyl groups is 2. The zero-order valence-corrected chi connectivity index (χ0v) is 20.2. The molecule has 0 bridgehead atoms. The van der Waals surface area contributed by atoms with Gasteiger partial charge in [0.1, 0.15) is 0 Å². The van der Waals surface area contributed by atoms with Crippen LogP contribution in [0.25, 0.3) is 5.69 Å². The molecule has 9 heteroatoms. The van der Waals surface area contributed by atoms with Crippen LogP contribution in [0.1, 0.15) is 49.4 Å². The highest BCUT2D eigenvalue weighted by Crippen LogP contribution is 2.32. The largest absolute Gasteiger partial charge is 0.380 e. The van der Waals surface area contributed by atoms with Gasteiger partial charge in [0.25, 0.3) is 11.8 Å². The maximum absolute atomic E-state index is 13.1. The van der Waals surface area contributed by atoms with Crippen molar-refractivity contribution < 1.29 is 19.8 Å². The van der Waals surface area contributed by atoms with Gasteiger partial charge in [0.2, 0.25) is 0 Å². The van der Waals surface area contributed by atoms with Gasteiger partial charge in [-0.1, -0.05) is 35.9 Å². The Morgan fingerprint density at radius 1 is 1.06 bits per heavy atom. The van der Waals surface area contributed by atoms with Crippen LogP contribution in [0.2, 0.25) is 5.02 Å². The van der Waals surface area contributed by atoms with Crippen molar-refractivity contribution in [2.75, 3.05) is 6.54 Å². The summed E-state index contributed by atoms with van der Waals surface area (Å²) in [6.07, 6.45) is 2.22. The predicted octanol–water partition coefficient (Wildman–Crippen LogP) is 3.18.